The summed E-state index contributed by atoms with van der Waals surface area (Å²) in [6.45, 7) is 4.27. The SMILES string of the molecule is COC(=O)c1cc(OCC(=O)NCC(C)C)cc(C(=O)OC)c1. The highest BCUT2D eigenvalue weighted by molar-refractivity contribution is 5.96. The predicted molar refractivity (Wildman–Crippen MR) is 82.5 cm³/mol. The Hall–Kier alpha value is -2.57. The molecule has 0 saturated heterocycles. The zero-order valence-corrected chi connectivity index (χ0v) is 13.7. The highest BCUT2D eigenvalue weighted by Gasteiger charge is 2.15. The number of amides is 1. The van der Waals surface area contributed by atoms with Gasteiger partial charge in [0, 0.05) is 6.54 Å². The molecule has 0 aliphatic rings. The van der Waals surface area contributed by atoms with Crippen molar-refractivity contribution in [2.24, 2.45) is 5.92 Å². The van der Waals surface area contributed by atoms with E-state index in [0.29, 0.717) is 12.5 Å². The second-order valence-corrected chi connectivity index (χ2v) is 5.22. The zero-order valence-electron chi connectivity index (χ0n) is 13.7. The molecule has 0 heterocycles. The third-order valence-electron chi connectivity index (χ3n) is 2.83. The van der Waals surface area contributed by atoms with E-state index in [1.165, 1.54) is 32.4 Å². The molecule has 7 heteroatoms. The predicted octanol–water partition coefficient (Wildman–Crippen LogP) is 1.41. The topological polar surface area (TPSA) is 90.9 Å². The molecule has 23 heavy (non-hydrogen) atoms. The van der Waals surface area contributed by atoms with Gasteiger partial charge >= 0.3 is 11.9 Å². The molecule has 0 aliphatic heterocycles. The van der Waals surface area contributed by atoms with Gasteiger partial charge in [-0.2, -0.15) is 0 Å². The molecule has 0 saturated carbocycles. The number of carbonyl (C=O) groups is 3. The van der Waals surface area contributed by atoms with Gasteiger partial charge in [0.1, 0.15) is 5.75 Å². The molecular formula is C16H21NO6. The van der Waals surface area contributed by atoms with E-state index in [4.69, 9.17) is 4.74 Å². The zero-order chi connectivity index (χ0) is 17.4. The van der Waals surface area contributed by atoms with Gasteiger partial charge in [-0.05, 0) is 24.1 Å². The number of nitrogens with one attached hydrogen (secondary N) is 1. The fraction of sp³-hybridized carbons (Fsp3) is 0.438. The van der Waals surface area contributed by atoms with Crippen LogP contribution in [0.1, 0.15) is 34.6 Å². The van der Waals surface area contributed by atoms with Gasteiger partial charge < -0.3 is 19.5 Å². The summed E-state index contributed by atoms with van der Waals surface area (Å²) >= 11 is 0. The van der Waals surface area contributed by atoms with E-state index in [1.807, 2.05) is 13.8 Å². The minimum atomic E-state index is -0.620. The second kappa shape index (κ2) is 8.77. The molecular weight excluding hydrogens is 302 g/mol. The van der Waals surface area contributed by atoms with Gasteiger partial charge in [-0.25, -0.2) is 9.59 Å². The van der Waals surface area contributed by atoms with Gasteiger partial charge in [-0.15, -0.1) is 0 Å². The Bertz CT molecular complexity index is 548. The largest absolute Gasteiger partial charge is 0.484 e. The van der Waals surface area contributed by atoms with Crippen LogP contribution >= 0.6 is 0 Å². The summed E-state index contributed by atoms with van der Waals surface area (Å²) in [6, 6.07) is 4.13. The third-order valence-corrected chi connectivity index (χ3v) is 2.83. The van der Waals surface area contributed by atoms with Crippen LogP contribution in [0.15, 0.2) is 18.2 Å². The van der Waals surface area contributed by atoms with Crippen molar-refractivity contribution in [1.82, 2.24) is 5.32 Å². The summed E-state index contributed by atoms with van der Waals surface area (Å²) in [5, 5.41) is 2.70. The van der Waals surface area contributed by atoms with Crippen LogP contribution < -0.4 is 10.1 Å². The molecule has 1 N–H and O–H groups in total. The fourth-order valence-electron chi connectivity index (χ4n) is 1.67. The lowest BCUT2D eigenvalue weighted by molar-refractivity contribution is -0.123. The highest BCUT2D eigenvalue weighted by Crippen LogP contribution is 2.19. The van der Waals surface area contributed by atoms with Gasteiger partial charge in [0.25, 0.3) is 5.91 Å². The Morgan fingerprint density at radius 1 is 1.00 bits per heavy atom. The van der Waals surface area contributed by atoms with Crippen molar-refractivity contribution in [2.75, 3.05) is 27.4 Å². The van der Waals surface area contributed by atoms with Gasteiger partial charge in [-0.1, -0.05) is 13.8 Å². The Morgan fingerprint density at radius 3 is 1.96 bits per heavy atom. The van der Waals surface area contributed by atoms with Crippen LogP contribution in [0, 0.1) is 5.92 Å². The van der Waals surface area contributed by atoms with Crippen molar-refractivity contribution >= 4 is 17.8 Å². The van der Waals surface area contributed by atoms with E-state index in [9.17, 15) is 14.4 Å². The Labute approximate surface area is 134 Å². The molecule has 1 amide bonds. The van der Waals surface area contributed by atoms with Crippen molar-refractivity contribution in [2.45, 2.75) is 13.8 Å². The van der Waals surface area contributed by atoms with Crippen LogP contribution in [0.3, 0.4) is 0 Å². The maximum atomic E-state index is 11.7. The Balaban J connectivity index is 2.86. The first kappa shape index (κ1) is 18.5. The van der Waals surface area contributed by atoms with Crippen LogP contribution in [0.5, 0.6) is 5.75 Å². The van der Waals surface area contributed by atoms with E-state index in [2.05, 4.69) is 14.8 Å². The molecule has 1 aromatic rings. The number of methoxy groups -OCH3 is 2. The van der Waals surface area contributed by atoms with Gasteiger partial charge in [0.15, 0.2) is 6.61 Å². The van der Waals surface area contributed by atoms with Crippen molar-refractivity contribution in [3.63, 3.8) is 0 Å². The average Bonchev–Trinajstić information content (AvgIpc) is 2.56. The summed E-state index contributed by atoms with van der Waals surface area (Å²) in [5.74, 6) is -1.00. The fourth-order valence-corrected chi connectivity index (χ4v) is 1.67. The highest BCUT2D eigenvalue weighted by atomic mass is 16.5. The lowest BCUT2D eigenvalue weighted by Crippen LogP contribution is -2.31. The lowest BCUT2D eigenvalue weighted by atomic mass is 10.1. The number of rotatable bonds is 7. The summed E-state index contributed by atoms with van der Waals surface area (Å²) in [4.78, 5) is 34.9. The Morgan fingerprint density at radius 2 is 1.52 bits per heavy atom. The summed E-state index contributed by atoms with van der Waals surface area (Å²) in [5.41, 5.74) is 0.265. The lowest BCUT2D eigenvalue weighted by Gasteiger charge is -2.11. The number of benzene rings is 1. The molecule has 0 atom stereocenters. The van der Waals surface area contributed by atoms with E-state index in [0.717, 1.165) is 0 Å². The molecule has 1 aromatic carbocycles. The second-order valence-electron chi connectivity index (χ2n) is 5.22. The van der Waals surface area contributed by atoms with E-state index < -0.39 is 11.9 Å². The molecule has 0 spiro atoms. The molecule has 7 nitrogen and oxygen atoms in total. The number of esters is 2. The summed E-state index contributed by atoms with van der Waals surface area (Å²) in [6.07, 6.45) is 0. The van der Waals surface area contributed by atoms with Gasteiger partial charge in [0.2, 0.25) is 0 Å². The smallest absolute Gasteiger partial charge is 0.338 e. The maximum absolute atomic E-state index is 11.7. The van der Waals surface area contributed by atoms with Crippen molar-refractivity contribution in [3.8, 4) is 5.75 Å². The van der Waals surface area contributed by atoms with Crippen LogP contribution in [0.25, 0.3) is 0 Å². The molecule has 0 bridgehead atoms. The monoisotopic (exact) mass is 323 g/mol. The van der Waals surface area contributed by atoms with E-state index >= 15 is 0 Å². The third kappa shape index (κ3) is 5.98. The molecule has 1 rings (SSSR count). The number of ether oxygens (including phenoxy) is 3. The first-order chi connectivity index (χ1) is 10.9. The van der Waals surface area contributed by atoms with Crippen LogP contribution in [-0.2, 0) is 14.3 Å². The number of hydrogen-bond acceptors (Lipinski definition) is 6. The molecule has 0 unspecified atom stereocenters. The number of carbonyl (C=O) groups excluding carboxylic acids is 3. The van der Waals surface area contributed by atoms with E-state index in [-0.39, 0.29) is 29.4 Å². The molecule has 0 radical (unpaired) electrons. The van der Waals surface area contributed by atoms with Crippen LogP contribution in [0.4, 0.5) is 0 Å². The summed E-state index contributed by atoms with van der Waals surface area (Å²) in [7, 11) is 2.46. The first-order valence-corrected chi connectivity index (χ1v) is 7.08. The minimum absolute atomic E-state index is 0.132. The number of hydrogen-bond donors (Lipinski definition) is 1. The molecule has 0 aliphatic carbocycles. The normalized spacial score (nSPS) is 10.1. The van der Waals surface area contributed by atoms with Crippen molar-refractivity contribution < 1.29 is 28.6 Å². The van der Waals surface area contributed by atoms with Gasteiger partial charge in [0.05, 0.1) is 25.3 Å². The van der Waals surface area contributed by atoms with E-state index in [1.54, 1.807) is 0 Å². The summed E-state index contributed by atoms with van der Waals surface area (Å²) < 4.78 is 14.6. The van der Waals surface area contributed by atoms with Crippen molar-refractivity contribution in [3.05, 3.63) is 29.3 Å². The van der Waals surface area contributed by atoms with Crippen molar-refractivity contribution in [1.29, 1.82) is 0 Å². The van der Waals surface area contributed by atoms with Crippen LogP contribution in [0.2, 0.25) is 0 Å². The average molecular weight is 323 g/mol. The molecule has 126 valence electrons. The van der Waals surface area contributed by atoms with Gasteiger partial charge in [-0.3, -0.25) is 4.79 Å². The minimum Gasteiger partial charge on any atom is -0.484 e. The molecule has 0 aromatic heterocycles. The maximum Gasteiger partial charge on any atom is 0.338 e. The van der Waals surface area contributed by atoms with Crippen LogP contribution in [-0.4, -0.2) is 45.2 Å². The Kier molecular flexibility index (Phi) is 7.05. The first-order valence-electron chi connectivity index (χ1n) is 7.08. The quantitative estimate of drug-likeness (QED) is 0.763. The molecule has 0 fully saturated rings. The standard InChI is InChI=1S/C16H21NO6/c1-10(2)8-17-14(18)9-23-13-6-11(15(19)21-3)5-12(7-13)16(20)22-4/h5-7,10H,8-9H2,1-4H3,(H,17,18).